The molecule has 1 aliphatic rings. The number of halogens is 1. The van der Waals surface area contributed by atoms with Crippen LogP contribution in [-0.4, -0.2) is 41.7 Å². The van der Waals surface area contributed by atoms with Crippen LogP contribution in [0.5, 0.6) is 0 Å². The van der Waals surface area contributed by atoms with Crippen LogP contribution in [0.1, 0.15) is 18.4 Å². The molecule has 0 spiro atoms. The first-order chi connectivity index (χ1) is 9.04. The van der Waals surface area contributed by atoms with Crippen LogP contribution >= 0.6 is 11.6 Å². The van der Waals surface area contributed by atoms with Crippen molar-refractivity contribution in [1.29, 1.82) is 0 Å². The molecular weight excluding hydrogens is 264 g/mol. The molecule has 4 nitrogen and oxygen atoms in total. The van der Waals surface area contributed by atoms with Gasteiger partial charge >= 0.3 is 0 Å². The molecule has 1 aliphatic heterocycles. The Hall–Kier alpha value is -1.10. The molecule has 2 rings (SSSR count). The van der Waals surface area contributed by atoms with Gasteiger partial charge in [-0.25, -0.2) is 0 Å². The summed E-state index contributed by atoms with van der Waals surface area (Å²) in [4.78, 5) is 13.9. The number of piperidine rings is 1. The highest BCUT2D eigenvalue weighted by Gasteiger charge is 2.19. The number of hydrogen-bond donors (Lipinski definition) is 2. The standard InChI is InChI=1S/C14H19ClN2O2/c1-10-4-5-11(7-13(10)15)16-14(19)9-17-6-2-3-12(18)8-17/h4-5,7,12,18H,2-3,6,8-9H2,1H3,(H,16,19)/t12-/m0/s1. The van der Waals surface area contributed by atoms with E-state index < -0.39 is 0 Å². The van der Waals surface area contributed by atoms with Gasteiger partial charge in [-0.15, -0.1) is 0 Å². The van der Waals surface area contributed by atoms with Gasteiger partial charge in [-0.05, 0) is 44.0 Å². The number of hydrogen-bond acceptors (Lipinski definition) is 3. The van der Waals surface area contributed by atoms with Crippen LogP contribution in [0.3, 0.4) is 0 Å². The lowest BCUT2D eigenvalue weighted by atomic mass is 10.1. The van der Waals surface area contributed by atoms with Gasteiger partial charge in [0.05, 0.1) is 12.6 Å². The number of aryl methyl sites for hydroxylation is 1. The summed E-state index contributed by atoms with van der Waals surface area (Å²) in [6.45, 7) is 3.66. The summed E-state index contributed by atoms with van der Waals surface area (Å²) in [5.74, 6) is -0.0750. The monoisotopic (exact) mass is 282 g/mol. The average Bonchev–Trinajstić information content (AvgIpc) is 2.34. The highest BCUT2D eigenvalue weighted by molar-refractivity contribution is 6.31. The fourth-order valence-corrected chi connectivity index (χ4v) is 2.43. The number of likely N-dealkylation sites (tertiary alicyclic amines) is 1. The molecule has 19 heavy (non-hydrogen) atoms. The number of nitrogens with one attached hydrogen (secondary N) is 1. The number of carbonyl (C=O) groups is 1. The summed E-state index contributed by atoms with van der Waals surface area (Å²) >= 11 is 6.01. The zero-order valence-electron chi connectivity index (χ0n) is 11.0. The molecule has 0 bridgehead atoms. The van der Waals surface area contributed by atoms with Gasteiger partial charge in [0.2, 0.25) is 5.91 Å². The van der Waals surface area contributed by atoms with Crippen molar-refractivity contribution in [3.63, 3.8) is 0 Å². The number of β-amino-alcohol motifs (C(OH)–C–C–N with tert-alkyl or cyclic N) is 1. The van der Waals surface area contributed by atoms with E-state index in [1.165, 1.54) is 0 Å². The fourth-order valence-electron chi connectivity index (χ4n) is 2.25. The number of rotatable bonds is 3. The van der Waals surface area contributed by atoms with Gasteiger partial charge in [0.15, 0.2) is 0 Å². The fraction of sp³-hybridized carbons (Fsp3) is 0.500. The highest BCUT2D eigenvalue weighted by Crippen LogP contribution is 2.20. The maximum atomic E-state index is 11.9. The van der Waals surface area contributed by atoms with Crippen molar-refractivity contribution in [2.24, 2.45) is 0 Å². The van der Waals surface area contributed by atoms with E-state index in [0.717, 1.165) is 24.9 Å². The van der Waals surface area contributed by atoms with E-state index in [-0.39, 0.29) is 12.0 Å². The van der Waals surface area contributed by atoms with Crippen LogP contribution < -0.4 is 5.32 Å². The lowest BCUT2D eigenvalue weighted by molar-refractivity contribution is -0.118. The number of carbonyl (C=O) groups excluding carboxylic acids is 1. The molecule has 1 fully saturated rings. The van der Waals surface area contributed by atoms with Crippen molar-refractivity contribution < 1.29 is 9.90 Å². The van der Waals surface area contributed by atoms with Crippen LogP contribution in [0.4, 0.5) is 5.69 Å². The molecule has 1 amide bonds. The largest absolute Gasteiger partial charge is 0.392 e. The van der Waals surface area contributed by atoms with Crippen molar-refractivity contribution in [1.82, 2.24) is 4.90 Å². The lowest BCUT2D eigenvalue weighted by Crippen LogP contribution is -2.42. The molecule has 0 aliphatic carbocycles. The first-order valence-electron chi connectivity index (χ1n) is 6.51. The van der Waals surface area contributed by atoms with Crippen LogP contribution in [0, 0.1) is 6.92 Å². The van der Waals surface area contributed by atoms with Gasteiger partial charge in [0, 0.05) is 17.3 Å². The zero-order chi connectivity index (χ0) is 13.8. The maximum absolute atomic E-state index is 11.9. The Balaban J connectivity index is 1.88. The molecule has 0 aromatic heterocycles. The smallest absolute Gasteiger partial charge is 0.238 e. The van der Waals surface area contributed by atoms with Crippen LogP contribution in [0.2, 0.25) is 5.02 Å². The van der Waals surface area contributed by atoms with Crippen molar-refractivity contribution in [2.45, 2.75) is 25.9 Å². The topological polar surface area (TPSA) is 52.6 Å². The van der Waals surface area contributed by atoms with E-state index in [4.69, 9.17) is 11.6 Å². The van der Waals surface area contributed by atoms with Crippen molar-refractivity contribution in [3.8, 4) is 0 Å². The number of nitrogens with zero attached hydrogens (tertiary/aromatic N) is 1. The minimum Gasteiger partial charge on any atom is -0.392 e. The normalized spacial score (nSPS) is 20.3. The van der Waals surface area contributed by atoms with Crippen LogP contribution in [0.25, 0.3) is 0 Å². The second-order valence-corrected chi connectivity index (χ2v) is 5.45. The number of anilines is 1. The van der Waals surface area contributed by atoms with E-state index in [9.17, 15) is 9.90 Å². The highest BCUT2D eigenvalue weighted by atomic mass is 35.5. The van der Waals surface area contributed by atoms with Gasteiger partial charge < -0.3 is 10.4 Å². The second kappa shape index (κ2) is 6.37. The van der Waals surface area contributed by atoms with Gasteiger partial charge in [-0.2, -0.15) is 0 Å². The number of benzene rings is 1. The molecule has 1 atom stereocenters. The molecule has 0 radical (unpaired) electrons. The van der Waals surface area contributed by atoms with E-state index in [1.807, 2.05) is 24.0 Å². The molecule has 1 heterocycles. The summed E-state index contributed by atoms with van der Waals surface area (Å²) in [5.41, 5.74) is 1.69. The summed E-state index contributed by atoms with van der Waals surface area (Å²) in [6.07, 6.45) is 1.45. The SMILES string of the molecule is Cc1ccc(NC(=O)CN2CCC[C@H](O)C2)cc1Cl. The Bertz CT molecular complexity index is 465. The van der Waals surface area contributed by atoms with Crippen molar-refractivity contribution >= 4 is 23.2 Å². The molecule has 1 saturated heterocycles. The molecule has 2 N–H and O–H groups in total. The van der Waals surface area contributed by atoms with Gasteiger partial charge in [0.1, 0.15) is 0 Å². The summed E-state index contributed by atoms with van der Waals surface area (Å²) in [6, 6.07) is 5.46. The Labute approximate surface area is 118 Å². The molecule has 1 aromatic rings. The Morgan fingerprint density at radius 3 is 3.05 bits per heavy atom. The molecule has 104 valence electrons. The Kier molecular flexibility index (Phi) is 4.80. The summed E-state index contributed by atoms with van der Waals surface area (Å²) in [7, 11) is 0. The van der Waals surface area contributed by atoms with E-state index in [1.54, 1.807) is 6.07 Å². The molecule has 0 unspecified atom stereocenters. The van der Waals surface area contributed by atoms with E-state index in [2.05, 4.69) is 5.32 Å². The number of aliphatic hydroxyl groups excluding tert-OH is 1. The third-order valence-corrected chi connectivity index (χ3v) is 3.71. The summed E-state index contributed by atoms with van der Waals surface area (Å²) < 4.78 is 0. The summed E-state index contributed by atoms with van der Waals surface area (Å²) in [5, 5.41) is 13.0. The third-order valence-electron chi connectivity index (χ3n) is 3.30. The molecular formula is C14H19ClN2O2. The van der Waals surface area contributed by atoms with Crippen molar-refractivity contribution in [3.05, 3.63) is 28.8 Å². The maximum Gasteiger partial charge on any atom is 0.238 e. The third kappa shape index (κ3) is 4.20. The van der Waals surface area contributed by atoms with Crippen molar-refractivity contribution in [2.75, 3.05) is 25.0 Å². The first-order valence-corrected chi connectivity index (χ1v) is 6.89. The van der Waals surface area contributed by atoms with E-state index in [0.29, 0.717) is 23.8 Å². The minimum atomic E-state index is -0.310. The number of aliphatic hydroxyl groups is 1. The quantitative estimate of drug-likeness (QED) is 0.892. The van der Waals surface area contributed by atoms with Gasteiger partial charge in [0.25, 0.3) is 0 Å². The average molecular weight is 283 g/mol. The second-order valence-electron chi connectivity index (χ2n) is 5.04. The predicted molar refractivity (Wildman–Crippen MR) is 76.5 cm³/mol. The van der Waals surface area contributed by atoms with Gasteiger partial charge in [-0.1, -0.05) is 17.7 Å². The van der Waals surface area contributed by atoms with Crippen LogP contribution in [-0.2, 0) is 4.79 Å². The molecule has 0 saturated carbocycles. The Morgan fingerprint density at radius 2 is 2.37 bits per heavy atom. The zero-order valence-corrected chi connectivity index (χ0v) is 11.8. The van der Waals surface area contributed by atoms with Crippen LogP contribution in [0.15, 0.2) is 18.2 Å². The van der Waals surface area contributed by atoms with Gasteiger partial charge in [-0.3, -0.25) is 9.69 Å². The Morgan fingerprint density at radius 1 is 1.58 bits per heavy atom. The predicted octanol–water partition coefficient (Wildman–Crippen LogP) is 2.04. The molecule has 5 heteroatoms. The molecule has 1 aromatic carbocycles. The lowest BCUT2D eigenvalue weighted by Gasteiger charge is -2.29. The number of amides is 1. The minimum absolute atomic E-state index is 0.0750. The van der Waals surface area contributed by atoms with E-state index >= 15 is 0 Å². The first kappa shape index (κ1) is 14.3.